The smallest absolute Gasteiger partial charge is 0.317 e. The zero-order valence-corrected chi connectivity index (χ0v) is 13.0. The molecule has 1 aliphatic heterocycles. The number of aromatic nitrogens is 2. The fourth-order valence-electron chi connectivity index (χ4n) is 2.74. The molecule has 1 aromatic heterocycles. The fraction of sp³-hybridized carbons (Fsp3) is 0.438. The van der Waals surface area contributed by atoms with Gasteiger partial charge in [-0.2, -0.15) is 4.98 Å². The Hall–Kier alpha value is -2.44. The molecule has 0 spiro atoms. The number of hydrogen-bond acceptors (Lipinski definition) is 4. The third kappa shape index (κ3) is 3.49. The molecule has 2 heterocycles. The zero-order valence-electron chi connectivity index (χ0n) is 13.0. The highest BCUT2D eigenvalue weighted by molar-refractivity contribution is 5.74. The van der Waals surface area contributed by atoms with Gasteiger partial charge in [0.2, 0.25) is 11.7 Å². The highest BCUT2D eigenvalue weighted by Crippen LogP contribution is 2.27. The van der Waals surface area contributed by atoms with Crippen LogP contribution in [-0.4, -0.2) is 40.7 Å². The minimum atomic E-state index is -0.303. The standard InChI is InChI=1S/C16H19FN4O2/c1-2-18-16(22)21-9-3-4-12(10-21)15-19-14(20-23-15)11-5-7-13(17)8-6-11/h5-8,12H,2-4,9-10H2,1H3,(H,18,22)/t12-/m1/s1. The summed E-state index contributed by atoms with van der Waals surface area (Å²) in [7, 11) is 0. The number of carbonyl (C=O) groups is 1. The number of nitrogens with one attached hydrogen (secondary N) is 1. The van der Waals surface area contributed by atoms with Crippen LogP contribution in [0.4, 0.5) is 9.18 Å². The molecule has 1 N–H and O–H groups in total. The number of carbonyl (C=O) groups excluding carboxylic acids is 1. The molecule has 2 aromatic rings. The molecule has 3 rings (SSSR count). The third-order valence-corrected chi connectivity index (χ3v) is 3.93. The van der Waals surface area contributed by atoms with E-state index in [1.54, 1.807) is 17.0 Å². The van der Waals surface area contributed by atoms with Gasteiger partial charge in [-0.25, -0.2) is 9.18 Å². The van der Waals surface area contributed by atoms with Gasteiger partial charge in [0.05, 0.1) is 5.92 Å². The van der Waals surface area contributed by atoms with Gasteiger partial charge in [0, 0.05) is 25.2 Å². The maximum absolute atomic E-state index is 13.0. The quantitative estimate of drug-likeness (QED) is 0.944. The number of hydrogen-bond donors (Lipinski definition) is 1. The first-order valence-corrected chi connectivity index (χ1v) is 7.79. The molecule has 0 saturated carbocycles. The lowest BCUT2D eigenvalue weighted by molar-refractivity contribution is 0.172. The lowest BCUT2D eigenvalue weighted by atomic mass is 9.98. The van der Waals surface area contributed by atoms with Crippen molar-refractivity contribution >= 4 is 6.03 Å². The Labute approximate surface area is 133 Å². The van der Waals surface area contributed by atoms with Gasteiger partial charge in [0.25, 0.3) is 0 Å². The van der Waals surface area contributed by atoms with E-state index in [1.165, 1.54) is 12.1 Å². The van der Waals surface area contributed by atoms with Crippen molar-refractivity contribution in [3.05, 3.63) is 36.0 Å². The SMILES string of the molecule is CCNC(=O)N1CCC[C@@H](c2nc(-c3ccc(F)cc3)no2)C1. The number of piperidine rings is 1. The van der Waals surface area contributed by atoms with Crippen molar-refractivity contribution in [2.75, 3.05) is 19.6 Å². The maximum atomic E-state index is 13.0. The van der Waals surface area contributed by atoms with E-state index in [-0.39, 0.29) is 17.8 Å². The second-order valence-electron chi connectivity index (χ2n) is 5.58. The number of likely N-dealkylation sites (tertiary alicyclic amines) is 1. The number of rotatable bonds is 3. The van der Waals surface area contributed by atoms with Crippen LogP contribution in [0.2, 0.25) is 0 Å². The van der Waals surface area contributed by atoms with Crippen LogP contribution in [-0.2, 0) is 0 Å². The van der Waals surface area contributed by atoms with Gasteiger partial charge in [0.1, 0.15) is 5.82 Å². The molecule has 2 amide bonds. The van der Waals surface area contributed by atoms with E-state index < -0.39 is 0 Å². The summed E-state index contributed by atoms with van der Waals surface area (Å²) in [6.45, 7) is 3.81. The Morgan fingerprint density at radius 1 is 1.43 bits per heavy atom. The van der Waals surface area contributed by atoms with E-state index in [9.17, 15) is 9.18 Å². The van der Waals surface area contributed by atoms with Gasteiger partial charge in [-0.3, -0.25) is 0 Å². The lowest BCUT2D eigenvalue weighted by Gasteiger charge is -2.30. The van der Waals surface area contributed by atoms with Gasteiger partial charge < -0.3 is 14.7 Å². The summed E-state index contributed by atoms with van der Waals surface area (Å²) in [4.78, 5) is 18.1. The Balaban J connectivity index is 1.72. The molecule has 1 fully saturated rings. The highest BCUT2D eigenvalue weighted by atomic mass is 19.1. The average molecular weight is 318 g/mol. The van der Waals surface area contributed by atoms with Crippen LogP contribution in [0.1, 0.15) is 31.6 Å². The molecular formula is C16H19FN4O2. The van der Waals surface area contributed by atoms with E-state index in [2.05, 4.69) is 15.5 Å². The summed E-state index contributed by atoms with van der Waals surface area (Å²) in [5, 5.41) is 6.78. The highest BCUT2D eigenvalue weighted by Gasteiger charge is 2.28. The molecule has 0 radical (unpaired) electrons. The second kappa shape index (κ2) is 6.76. The number of nitrogens with zero attached hydrogens (tertiary/aromatic N) is 3. The number of urea groups is 1. The van der Waals surface area contributed by atoms with Gasteiger partial charge in [0.15, 0.2) is 0 Å². The maximum Gasteiger partial charge on any atom is 0.317 e. The Morgan fingerprint density at radius 3 is 2.96 bits per heavy atom. The molecule has 23 heavy (non-hydrogen) atoms. The van der Waals surface area contributed by atoms with Crippen molar-refractivity contribution < 1.29 is 13.7 Å². The monoisotopic (exact) mass is 318 g/mol. The van der Waals surface area contributed by atoms with Gasteiger partial charge in [-0.05, 0) is 44.0 Å². The molecule has 0 aliphatic carbocycles. The van der Waals surface area contributed by atoms with Gasteiger partial charge in [-0.15, -0.1) is 0 Å². The summed E-state index contributed by atoms with van der Waals surface area (Å²) < 4.78 is 18.3. The first kappa shape index (κ1) is 15.5. The lowest BCUT2D eigenvalue weighted by Crippen LogP contribution is -2.44. The molecule has 0 bridgehead atoms. The minimum Gasteiger partial charge on any atom is -0.339 e. The normalized spacial score (nSPS) is 18.0. The van der Waals surface area contributed by atoms with Crippen molar-refractivity contribution in [2.24, 2.45) is 0 Å². The summed E-state index contributed by atoms with van der Waals surface area (Å²) in [6, 6.07) is 5.90. The van der Waals surface area contributed by atoms with Crippen LogP contribution in [0.15, 0.2) is 28.8 Å². The largest absolute Gasteiger partial charge is 0.339 e. The zero-order chi connectivity index (χ0) is 16.2. The molecular weight excluding hydrogens is 299 g/mol. The fourth-order valence-corrected chi connectivity index (χ4v) is 2.74. The third-order valence-electron chi connectivity index (χ3n) is 3.93. The summed E-state index contributed by atoms with van der Waals surface area (Å²) in [6.07, 6.45) is 1.80. The van der Waals surface area contributed by atoms with E-state index in [4.69, 9.17) is 4.52 Å². The Bertz CT molecular complexity index is 671. The number of halogens is 1. The molecule has 0 unspecified atom stereocenters. The van der Waals surface area contributed by atoms with E-state index in [1.807, 2.05) is 6.92 Å². The second-order valence-corrected chi connectivity index (χ2v) is 5.58. The molecule has 1 atom stereocenters. The number of amides is 2. The molecule has 6 nitrogen and oxygen atoms in total. The van der Waals surface area contributed by atoms with Crippen LogP contribution in [0.25, 0.3) is 11.4 Å². The van der Waals surface area contributed by atoms with Crippen LogP contribution < -0.4 is 5.32 Å². The van der Waals surface area contributed by atoms with Crippen LogP contribution >= 0.6 is 0 Å². The molecule has 1 aromatic carbocycles. The number of benzene rings is 1. The van der Waals surface area contributed by atoms with Gasteiger partial charge >= 0.3 is 6.03 Å². The van der Waals surface area contributed by atoms with E-state index in [0.29, 0.717) is 30.4 Å². The first-order valence-electron chi connectivity index (χ1n) is 7.79. The molecule has 1 aliphatic rings. The average Bonchev–Trinajstić information content (AvgIpc) is 3.06. The van der Waals surface area contributed by atoms with Crippen LogP contribution in [0.3, 0.4) is 0 Å². The van der Waals surface area contributed by atoms with Crippen molar-refractivity contribution in [2.45, 2.75) is 25.7 Å². The predicted octanol–water partition coefficient (Wildman–Crippen LogP) is 2.78. The Morgan fingerprint density at radius 2 is 2.22 bits per heavy atom. The van der Waals surface area contributed by atoms with Crippen molar-refractivity contribution in [1.82, 2.24) is 20.4 Å². The van der Waals surface area contributed by atoms with Crippen molar-refractivity contribution in [3.63, 3.8) is 0 Å². The summed E-state index contributed by atoms with van der Waals surface area (Å²) >= 11 is 0. The molecule has 122 valence electrons. The van der Waals surface area contributed by atoms with E-state index in [0.717, 1.165) is 19.4 Å². The molecule has 7 heteroatoms. The molecule has 1 saturated heterocycles. The Kier molecular flexibility index (Phi) is 4.55. The minimum absolute atomic E-state index is 0.0352. The van der Waals surface area contributed by atoms with Crippen LogP contribution in [0.5, 0.6) is 0 Å². The van der Waals surface area contributed by atoms with Crippen molar-refractivity contribution in [1.29, 1.82) is 0 Å². The van der Waals surface area contributed by atoms with E-state index >= 15 is 0 Å². The topological polar surface area (TPSA) is 71.3 Å². The van der Waals surface area contributed by atoms with Crippen molar-refractivity contribution in [3.8, 4) is 11.4 Å². The summed E-state index contributed by atoms with van der Waals surface area (Å²) in [5.74, 6) is 0.698. The van der Waals surface area contributed by atoms with Crippen LogP contribution in [0, 0.1) is 5.82 Å². The summed E-state index contributed by atoms with van der Waals surface area (Å²) in [5.41, 5.74) is 0.706. The predicted molar refractivity (Wildman–Crippen MR) is 82.3 cm³/mol. The van der Waals surface area contributed by atoms with Gasteiger partial charge in [-0.1, -0.05) is 5.16 Å². The first-order chi connectivity index (χ1) is 11.2.